The van der Waals surface area contributed by atoms with Gasteiger partial charge in [-0.05, 0) is 53.6 Å². The molecular formula is C27H25N2O4-. The third-order valence-corrected chi connectivity index (χ3v) is 5.69. The predicted octanol–water partition coefficient (Wildman–Crippen LogP) is 3.77. The summed E-state index contributed by atoms with van der Waals surface area (Å²) in [6.07, 6.45) is 0.118. The van der Waals surface area contributed by atoms with Crippen molar-refractivity contribution in [3.63, 3.8) is 0 Å². The number of para-hydroxylation sites is 1. The van der Waals surface area contributed by atoms with Crippen LogP contribution >= 0.6 is 0 Å². The molecule has 0 saturated carbocycles. The van der Waals surface area contributed by atoms with Crippen LogP contribution in [0.15, 0.2) is 89.3 Å². The smallest absolute Gasteiger partial charge is 0.291 e. The van der Waals surface area contributed by atoms with E-state index >= 15 is 0 Å². The van der Waals surface area contributed by atoms with Crippen LogP contribution < -0.4 is 15.7 Å². The normalized spacial score (nSPS) is 12.9. The SMILES string of the molecule is CC(NCc1ccc2ccccc2c1)C(Cc1ccc(C(=O)Nc2ccccc2)o1)C(=O)[O-]. The van der Waals surface area contributed by atoms with E-state index in [4.69, 9.17) is 4.42 Å². The standard InChI is InChI=1S/C27H26N2O4/c1-18(28-17-19-11-12-20-7-5-6-8-21(20)15-19)24(27(31)32)16-23-13-14-25(33-23)26(30)29-22-9-3-2-4-10-22/h2-15,18,24,28H,16-17H2,1H3,(H,29,30)(H,31,32)/p-1. The van der Waals surface area contributed by atoms with Gasteiger partial charge in [-0.25, -0.2) is 0 Å². The van der Waals surface area contributed by atoms with Crippen LogP contribution in [0.4, 0.5) is 5.69 Å². The number of furan rings is 1. The molecule has 2 atom stereocenters. The van der Waals surface area contributed by atoms with Gasteiger partial charge in [0.1, 0.15) is 5.76 Å². The van der Waals surface area contributed by atoms with Crippen molar-refractivity contribution in [2.75, 3.05) is 5.32 Å². The van der Waals surface area contributed by atoms with Gasteiger partial charge in [-0.15, -0.1) is 0 Å². The first-order chi connectivity index (χ1) is 16.0. The average molecular weight is 442 g/mol. The van der Waals surface area contributed by atoms with E-state index < -0.39 is 11.9 Å². The fourth-order valence-electron chi connectivity index (χ4n) is 3.77. The number of fused-ring (bicyclic) bond motifs is 1. The topological polar surface area (TPSA) is 94.4 Å². The summed E-state index contributed by atoms with van der Waals surface area (Å²) in [6, 6.07) is 26.1. The second-order valence-electron chi connectivity index (χ2n) is 8.07. The third-order valence-electron chi connectivity index (χ3n) is 5.69. The van der Waals surface area contributed by atoms with Gasteiger partial charge in [-0.2, -0.15) is 0 Å². The van der Waals surface area contributed by atoms with Crippen molar-refractivity contribution in [1.29, 1.82) is 0 Å². The summed E-state index contributed by atoms with van der Waals surface area (Å²) in [5.41, 5.74) is 1.72. The third kappa shape index (κ3) is 5.67. The molecular weight excluding hydrogens is 416 g/mol. The Morgan fingerprint density at radius 3 is 2.39 bits per heavy atom. The number of hydrogen-bond donors (Lipinski definition) is 2. The van der Waals surface area contributed by atoms with Crippen molar-refractivity contribution in [3.8, 4) is 0 Å². The fourth-order valence-corrected chi connectivity index (χ4v) is 3.77. The van der Waals surface area contributed by atoms with Crippen molar-refractivity contribution < 1.29 is 19.1 Å². The highest BCUT2D eigenvalue weighted by Gasteiger charge is 2.21. The molecule has 0 aliphatic carbocycles. The lowest BCUT2D eigenvalue weighted by atomic mass is 9.96. The minimum Gasteiger partial charge on any atom is -0.550 e. The molecule has 1 aromatic heterocycles. The summed E-state index contributed by atoms with van der Waals surface area (Å²) in [7, 11) is 0. The molecule has 0 aliphatic heterocycles. The summed E-state index contributed by atoms with van der Waals surface area (Å²) < 4.78 is 5.63. The molecule has 6 nitrogen and oxygen atoms in total. The number of carboxylic acids is 1. The zero-order valence-electron chi connectivity index (χ0n) is 18.3. The van der Waals surface area contributed by atoms with Crippen LogP contribution in [0.25, 0.3) is 10.8 Å². The first-order valence-electron chi connectivity index (χ1n) is 10.9. The molecule has 2 unspecified atom stereocenters. The zero-order valence-corrected chi connectivity index (χ0v) is 18.3. The highest BCUT2D eigenvalue weighted by atomic mass is 16.4. The molecule has 4 aromatic rings. The maximum absolute atomic E-state index is 12.4. The average Bonchev–Trinajstić information content (AvgIpc) is 3.30. The molecule has 0 aliphatic rings. The maximum atomic E-state index is 12.4. The van der Waals surface area contributed by atoms with Crippen molar-refractivity contribution in [1.82, 2.24) is 5.32 Å². The number of hydrogen-bond acceptors (Lipinski definition) is 5. The molecule has 0 radical (unpaired) electrons. The van der Waals surface area contributed by atoms with Gasteiger partial charge in [-0.3, -0.25) is 4.79 Å². The van der Waals surface area contributed by atoms with Crippen molar-refractivity contribution >= 4 is 28.3 Å². The Kier molecular flexibility index (Phi) is 6.86. The second kappa shape index (κ2) is 10.1. The van der Waals surface area contributed by atoms with E-state index in [9.17, 15) is 14.7 Å². The number of carboxylic acid groups (broad SMARTS) is 1. The molecule has 0 saturated heterocycles. The van der Waals surface area contributed by atoms with Crippen LogP contribution in [0.5, 0.6) is 0 Å². The van der Waals surface area contributed by atoms with Gasteiger partial charge in [0, 0.05) is 36.6 Å². The summed E-state index contributed by atoms with van der Waals surface area (Å²) in [4.78, 5) is 24.2. The lowest BCUT2D eigenvalue weighted by Crippen LogP contribution is -2.44. The van der Waals surface area contributed by atoms with Gasteiger partial charge in [-0.1, -0.05) is 54.6 Å². The second-order valence-corrected chi connectivity index (χ2v) is 8.07. The first-order valence-corrected chi connectivity index (χ1v) is 10.9. The number of carbonyl (C=O) groups is 2. The van der Waals surface area contributed by atoms with Crippen LogP contribution in [0.1, 0.15) is 28.8 Å². The molecule has 4 rings (SSSR count). The quantitative estimate of drug-likeness (QED) is 0.412. The number of benzene rings is 3. The van der Waals surface area contributed by atoms with Gasteiger partial charge >= 0.3 is 0 Å². The Bertz CT molecular complexity index is 1250. The van der Waals surface area contributed by atoms with Crippen LogP contribution in [-0.4, -0.2) is 17.9 Å². The van der Waals surface area contributed by atoms with E-state index in [1.165, 1.54) is 0 Å². The van der Waals surface area contributed by atoms with E-state index in [1.54, 1.807) is 24.3 Å². The van der Waals surface area contributed by atoms with E-state index in [0.29, 0.717) is 18.0 Å². The molecule has 3 aromatic carbocycles. The van der Waals surface area contributed by atoms with Crippen molar-refractivity contribution in [3.05, 3.63) is 102 Å². The molecule has 6 heteroatoms. The Hall–Kier alpha value is -3.90. The number of rotatable bonds is 9. The Balaban J connectivity index is 1.37. The Morgan fingerprint density at radius 2 is 1.64 bits per heavy atom. The largest absolute Gasteiger partial charge is 0.550 e. The van der Waals surface area contributed by atoms with E-state index in [0.717, 1.165) is 16.3 Å². The molecule has 0 bridgehead atoms. The van der Waals surface area contributed by atoms with Gasteiger partial charge < -0.3 is 25.0 Å². The van der Waals surface area contributed by atoms with E-state index in [-0.39, 0.29) is 24.1 Å². The first kappa shape index (κ1) is 22.3. The number of carbonyl (C=O) groups excluding carboxylic acids is 2. The van der Waals surface area contributed by atoms with Crippen LogP contribution in [0.3, 0.4) is 0 Å². The maximum Gasteiger partial charge on any atom is 0.291 e. The van der Waals surface area contributed by atoms with E-state index in [1.807, 2.05) is 43.3 Å². The minimum absolute atomic E-state index is 0.118. The molecule has 33 heavy (non-hydrogen) atoms. The minimum atomic E-state index is -1.17. The number of nitrogens with one attached hydrogen (secondary N) is 2. The zero-order chi connectivity index (χ0) is 23.2. The van der Waals surface area contributed by atoms with Crippen molar-refractivity contribution in [2.45, 2.75) is 25.9 Å². The van der Waals surface area contributed by atoms with Gasteiger partial charge in [0.15, 0.2) is 5.76 Å². The van der Waals surface area contributed by atoms with E-state index in [2.05, 4.69) is 34.9 Å². The summed E-state index contributed by atoms with van der Waals surface area (Å²) in [5.74, 6) is -1.83. The summed E-state index contributed by atoms with van der Waals surface area (Å²) in [6.45, 7) is 2.34. The number of aliphatic carboxylic acids is 1. The summed E-state index contributed by atoms with van der Waals surface area (Å²) in [5, 5.41) is 20.2. The molecule has 0 fully saturated rings. The number of anilines is 1. The van der Waals surface area contributed by atoms with Gasteiger partial charge in [0.2, 0.25) is 0 Å². The predicted molar refractivity (Wildman–Crippen MR) is 126 cm³/mol. The van der Waals surface area contributed by atoms with Crippen LogP contribution in [0, 0.1) is 5.92 Å². The van der Waals surface area contributed by atoms with Gasteiger partial charge in [0.25, 0.3) is 5.91 Å². The van der Waals surface area contributed by atoms with Crippen molar-refractivity contribution in [2.24, 2.45) is 5.92 Å². The van der Waals surface area contributed by atoms with Crippen LogP contribution in [-0.2, 0) is 17.8 Å². The Labute approximate surface area is 192 Å². The lowest BCUT2D eigenvalue weighted by Gasteiger charge is -2.25. The molecule has 2 N–H and O–H groups in total. The highest BCUT2D eigenvalue weighted by Crippen LogP contribution is 2.19. The molecule has 168 valence electrons. The lowest BCUT2D eigenvalue weighted by molar-refractivity contribution is -0.312. The number of amides is 1. The molecule has 0 spiro atoms. The highest BCUT2D eigenvalue weighted by molar-refractivity contribution is 6.02. The monoisotopic (exact) mass is 441 g/mol. The molecule has 1 amide bonds. The molecule has 1 heterocycles. The van der Waals surface area contributed by atoms with Crippen LogP contribution in [0.2, 0.25) is 0 Å². The van der Waals surface area contributed by atoms with Gasteiger partial charge in [0.05, 0.1) is 0 Å². The Morgan fingerprint density at radius 1 is 0.909 bits per heavy atom. The summed E-state index contributed by atoms with van der Waals surface area (Å²) >= 11 is 0. The fraction of sp³-hybridized carbons (Fsp3) is 0.185.